The van der Waals surface area contributed by atoms with E-state index in [9.17, 15) is 13.9 Å². The number of rotatable bonds is 3. The van der Waals surface area contributed by atoms with Crippen LogP contribution < -0.4 is 0 Å². The Hall–Kier alpha value is -1.45. The number of aliphatic hydroxyl groups is 1. The molecule has 2 aromatic carbocycles. The van der Waals surface area contributed by atoms with E-state index in [-0.39, 0.29) is 12.0 Å². The molecule has 0 bridgehead atoms. The van der Waals surface area contributed by atoms with Gasteiger partial charge in [-0.2, -0.15) is 0 Å². The largest absolute Gasteiger partial charge is 0.388 e. The summed E-state index contributed by atoms with van der Waals surface area (Å²) in [5.41, 5.74) is 1.78. The summed E-state index contributed by atoms with van der Waals surface area (Å²) in [5.74, 6) is -1.28. The van der Waals surface area contributed by atoms with Crippen molar-refractivity contribution >= 4 is 11.6 Å². The molecule has 0 radical (unpaired) electrons. The van der Waals surface area contributed by atoms with Gasteiger partial charge in [-0.25, -0.2) is 8.78 Å². The third-order valence-corrected chi connectivity index (χ3v) is 3.42. The van der Waals surface area contributed by atoms with Gasteiger partial charge in [0.05, 0.1) is 6.10 Å². The number of halogens is 3. The standard InChI is InChI=1S/C15H13ClF2O/c1-9-6-11(3-5-13(9)16)15(19)7-10-2-4-12(17)8-14(10)18/h2-6,8,15,19H,7H2,1H3. The predicted octanol–water partition coefficient (Wildman–Crippen LogP) is 4.20. The average molecular weight is 283 g/mol. The molecule has 0 aliphatic rings. The summed E-state index contributed by atoms with van der Waals surface area (Å²) < 4.78 is 26.3. The van der Waals surface area contributed by atoms with Gasteiger partial charge in [0.15, 0.2) is 0 Å². The maximum Gasteiger partial charge on any atom is 0.129 e. The van der Waals surface area contributed by atoms with Crippen LogP contribution in [0.15, 0.2) is 36.4 Å². The second kappa shape index (κ2) is 5.68. The van der Waals surface area contributed by atoms with E-state index in [1.165, 1.54) is 12.1 Å². The minimum absolute atomic E-state index is 0.0905. The monoisotopic (exact) mass is 282 g/mol. The Labute approximate surface area is 115 Å². The minimum Gasteiger partial charge on any atom is -0.388 e. The lowest BCUT2D eigenvalue weighted by atomic mass is 9.99. The molecule has 0 heterocycles. The van der Waals surface area contributed by atoms with E-state index in [2.05, 4.69) is 0 Å². The fourth-order valence-electron chi connectivity index (χ4n) is 1.89. The Morgan fingerprint density at radius 2 is 1.89 bits per heavy atom. The zero-order valence-corrected chi connectivity index (χ0v) is 11.1. The van der Waals surface area contributed by atoms with Crippen LogP contribution in [-0.4, -0.2) is 5.11 Å². The van der Waals surface area contributed by atoms with Crippen molar-refractivity contribution in [2.24, 2.45) is 0 Å². The topological polar surface area (TPSA) is 20.2 Å². The second-order valence-corrected chi connectivity index (χ2v) is 4.87. The molecule has 100 valence electrons. The summed E-state index contributed by atoms with van der Waals surface area (Å²) in [4.78, 5) is 0. The van der Waals surface area contributed by atoms with Crippen LogP contribution >= 0.6 is 11.6 Å². The molecular weight excluding hydrogens is 270 g/mol. The van der Waals surface area contributed by atoms with Gasteiger partial charge in [0, 0.05) is 17.5 Å². The minimum atomic E-state index is -0.851. The van der Waals surface area contributed by atoms with E-state index >= 15 is 0 Å². The highest BCUT2D eigenvalue weighted by Crippen LogP contribution is 2.24. The van der Waals surface area contributed by atoms with E-state index in [1.54, 1.807) is 18.2 Å². The molecule has 0 aromatic heterocycles. The average Bonchev–Trinajstić information content (AvgIpc) is 2.36. The molecule has 2 rings (SSSR count). The van der Waals surface area contributed by atoms with Crippen molar-refractivity contribution in [3.8, 4) is 0 Å². The van der Waals surface area contributed by atoms with Gasteiger partial charge in [-0.1, -0.05) is 29.8 Å². The van der Waals surface area contributed by atoms with E-state index < -0.39 is 17.7 Å². The van der Waals surface area contributed by atoms with Crippen molar-refractivity contribution in [2.75, 3.05) is 0 Å². The molecule has 19 heavy (non-hydrogen) atoms. The van der Waals surface area contributed by atoms with Crippen molar-refractivity contribution in [1.82, 2.24) is 0 Å². The van der Waals surface area contributed by atoms with Gasteiger partial charge in [0.25, 0.3) is 0 Å². The van der Waals surface area contributed by atoms with Gasteiger partial charge < -0.3 is 5.11 Å². The SMILES string of the molecule is Cc1cc(C(O)Cc2ccc(F)cc2F)ccc1Cl. The summed E-state index contributed by atoms with van der Waals surface area (Å²) in [6.07, 6.45) is -0.761. The second-order valence-electron chi connectivity index (χ2n) is 4.46. The molecule has 0 spiro atoms. The van der Waals surface area contributed by atoms with Crippen LogP contribution in [0.3, 0.4) is 0 Å². The van der Waals surface area contributed by atoms with Crippen LogP contribution in [0.4, 0.5) is 8.78 Å². The van der Waals surface area contributed by atoms with Gasteiger partial charge in [0.2, 0.25) is 0 Å². The fourth-order valence-corrected chi connectivity index (χ4v) is 2.01. The Bertz CT molecular complexity index is 599. The normalized spacial score (nSPS) is 12.5. The van der Waals surface area contributed by atoms with Crippen molar-refractivity contribution in [3.63, 3.8) is 0 Å². The molecule has 0 fully saturated rings. The van der Waals surface area contributed by atoms with Gasteiger partial charge >= 0.3 is 0 Å². The number of aliphatic hydroxyl groups excluding tert-OH is 1. The molecule has 0 saturated heterocycles. The maximum absolute atomic E-state index is 13.5. The first-order valence-electron chi connectivity index (χ1n) is 5.85. The summed E-state index contributed by atoms with van der Waals surface area (Å²) in [7, 11) is 0. The van der Waals surface area contributed by atoms with Crippen LogP contribution in [0.1, 0.15) is 22.8 Å². The van der Waals surface area contributed by atoms with E-state index in [1.807, 2.05) is 6.92 Å². The van der Waals surface area contributed by atoms with Gasteiger partial charge in [-0.3, -0.25) is 0 Å². The molecule has 1 N–H and O–H groups in total. The van der Waals surface area contributed by atoms with Gasteiger partial charge in [-0.15, -0.1) is 0 Å². The molecule has 0 amide bonds. The Morgan fingerprint density at radius 3 is 2.53 bits per heavy atom. The molecule has 1 atom stereocenters. The summed E-state index contributed by atoms with van der Waals surface area (Å²) >= 11 is 5.90. The van der Waals surface area contributed by atoms with Crippen LogP contribution in [0.25, 0.3) is 0 Å². The highest BCUT2D eigenvalue weighted by atomic mass is 35.5. The first-order chi connectivity index (χ1) is 8.97. The van der Waals surface area contributed by atoms with E-state index in [4.69, 9.17) is 11.6 Å². The molecule has 1 nitrogen and oxygen atoms in total. The highest BCUT2D eigenvalue weighted by Gasteiger charge is 2.13. The van der Waals surface area contributed by atoms with E-state index in [0.29, 0.717) is 10.6 Å². The van der Waals surface area contributed by atoms with Crippen molar-refractivity contribution in [2.45, 2.75) is 19.4 Å². The lowest BCUT2D eigenvalue weighted by Gasteiger charge is -2.13. The first-order valence-corrected chi connectivity index (χ1v) is 6.23. The molecular formula is C15H13ClF2O. The fraction of sp³-hybridized carbons (Fsp3) is 0.200. The summed E-state index contributed by atoms with van der Waals surface area (Å²) in [6, 6.07) is 8.48. The smallest absolute Gasteiger partial charge is 0.129 e. The molecule has 0 aliphatic carbocycles. The third-order valence-electron chi connectivity index (χ3n) is 3.00. The van der Waals surface area contributed by atoms with Crippen molar-refractivity contribution < 1.29 is 13.9 Å². The van der Waals surface area contributed by atoms with Crippen LogP contribution in [0.5, 0.6) is 0 Å². The van der Waals surface area contributed by atoms with Gasteiger partial charge in [-0.05, 0) is 35.7 Å². The van der Waals surface area contributed by atoms with Crippen LogP contribution in [0.2, 0.25) is 5.02 Å². The van der Waals surface area contributed by atoms with Gasteiger partial charge in [0.1, 0.15) is 11.6 Å². The summed E-state index contributed by atoms with van der Waals surface area (Å²) in [6.45, 7) is 1.83. The number of hydrogen-bond acceptors (Lipinski definition) is 1. The summed E-state index contributed by atoms with van der Waals surface area (Å²) in [5, 5.41) is 10.7. The zero-order chi connectivity index (χ0) is 14.0. The van der Waals surface area contributed by atoms with E-state index in [0.717, 1.165) is 11.6 Å². The van der Waals surface area contributed by atoms with Crippen LogP contribution in [0, 0.1) is 18.6 Å². The van der Waals surface area contributed by atoms with Crippen LogP contribution in [-0.2, 0) is 6.42 Å². The molecule has 2 aromatic rings. The maximum atomic E-state index is 13.5. The van der Waals surface area contributed by atoms with Crippen molar-refractivity contribution in [1.29, 1.82) is 0 Å². The lowest BCUT2D eigenvalue weighted by Crippen LogP contribution is -2.04. The molecule has 0 aliphatic heterocycles. The first kappa shape index (κ1) is 14.0. The highest BCUT2D eigenvalue weighted by molar-refractivity contribution is 6.31. The quantitative estimate of drug-likeness (QED) is 0.894. The number of hydrogen-bond donors (Lipinski definition) is 1. The number of aryl methyl sites for hydroxylation is 1. The van der Waals surface area contributed by atoms with Crippen molar-refractivity contribution in [3.05, 3.63) is 69.7 Å². The predicted molar refractivity (Wildman–Crippen MR) is 71.2 cm³/mol. The number of benzene rings is 2. The zero-order valence-electron chi connectivity index (χ0n) is 10.3. The molecule has 4 heteroatoms. The molecule has 1 unspecified atom stereocenters. The molecule has 0 saturated carbocycles. The lowest BCUT2D eigenvalue weighted by molar-refractivity contribution is 0.177. The Kier molecular flexibility index (Phi) is 4.17. The Balaban J connectivity index is 2.20. The third kappa shape index (κ3) is 3.31. The Morgan fingerprint density at radius 1 is 1.16 bits per heavy atom.